The van der Waals surface area contributed by atoms with Crippen LogP contribution >= 0.6 is 0 Å². The maximum absolute atomic E-state index is 12.9. The number of nitrogens with one attached hydrogen (secondary N) is 1. The summed E-state index contributed by atoms with van der Waals surface area (Å²) in [7, 11) is 0. The molecule has 0 atom stereocenters. The molecule has 1 amide bonds. The number of carbonyl (C=O) groups is 1. The first-order valence-corrected chi connectivity index (χ1v) is 7.24. The van der Waals surface area contributed by atoms with Crippen molar-refractivity contribution in [3.63, 3.8) is 0 Å². The van der Waals surface area contributed by atoms with Gasteiger partial charge in [0.05, 0.1) is 5.54 Å². The Kier molecular flexibility index (Phi) is 4.51. The zero-order chi connectivity index (χ0) is 18.2. The lowest BCUT2D eigenvalue weighted by atomic mass is 10.2. The number of nitrogen functional groups attached to an aromatic ring is 1. The number of alkyl halides is 3. The second-order valence-corrected chi connectivity index (χ2v) is 6.64. The molecule has 3 N–H and O–H groups in total. The molecular formula is C14H19F3N4O3. The number of ether oxygens (including phenoxy) is 2. The van der Waals surface area contributed by atoms with E-state index < -0.39 is 34.9 Å². The fourth-order valence-corrected chi connectivity index (χ4v) is 1.87. The van der Waals surface area contributed by atoms with Crippen LogP contribution in [0, 0.1) is 0 Å². The number of nitrogens with two attached hydrogens (primary N) is 1. The van der Waals surface area contributed by atoms with Crippen molar-refractivity contribution in [3.8, 4) is 5.88 Å². The zero-order valence-electron chi connectivity index (χ0n) is 13.5. The van der Waals surface area contributed by atoms with Crippen LogP contribution in [0.2, 0.25) is 0 Å². The molecule has 1 aliphatic carbocycles. The number of rotatable bonds is 4. The Morgan fingerprint density at radius 2 is 2.00 bits per heavy atom. The summed E-state index contributed by atoms with van der Waals surface area (Å²) >= 11 is 0. The number of alkyl carbamates (subject to hydrolysis) is 1. The smallest absolute Gasteiger partial charge is 0.423 e. The average molecular weight is 348 g/mol. The van der Waals surface area contributed by atoms with E-state index in [2.05, 4.69) is 15.3 Å². The quantitative estimate of drug-likeness (QED) is 0.867. The average Bonchev–Trinajstić information content (AvgIpc) is 3.12. The number of nitrogens with zero attached hydrogens (tertiary/aromatic N) is 2. The van der Waals surface area contributed by atoms with Gasteiger partial charge >= 0.3 is 12.3 Å². The Hall–Kier alpha value is -2.26. The van der Waals surface area contributed by atoms with Crippen molar-refractivity contribution >= 4 is 12.0 Å². The molecular weight excluding hydrogens is 329 g/mol. The molecule has 0 unspecified atom stereocenters. The summed E-state index contributed by atoms with van der Waals surface area (Å²) < 4.78 is 49.1. The van der Waals surface area contributed by atoms with Crippen molar-refractivity contribution in [1.29, 1.82) is 0 Å². The van der Waals surface area contributed by atoms with Gasteiger partial charge in [-0.3, -0.25) is 0 Å². The van der Waals surface area contributed by atoms with Gasteiger partial charge in [0.2, 0.25) is 11.8 Å². The van der Waals surface area contributed by atoms with E-state index in [0.717, 1.165) is 0 Å². The second kappa shape index (κ2) is 5.99. The minimum atomic E-state index is -4.67. The highest BCUT2D eigenvalue weighted by atomic mass is 19.4. The van der Waals surface area contributed by atoms with Crippen LogP contribution in [0.3, 0.4) is 0 Å². The molecule has 0 radical (unpaired) electrons. The first kappa shape index (κ1) is 18.1. The lowest BCUT2D eigenvalue weighted by molar-refractivity contribution is -0.139. The van der Waals surface area contributed by atoms with E-state index >= 15 is 0 Å². The summed E-state index contributed by atoms with van der Waals surface area (Å²) in [4.78, 5) is 18.6. The van der Waals surface area contributed by atoms with Crippen molar-refractivity contribution in [2.75, 3.05) is 12.3 Å². The second-order valence-electron chi connectivity index (χ2n) is 6.64. The fraction of sp³-hybridized carbons (Fsp3) is 0.643. The van der Waals surface area contributed by atoms with E-state index in [1.807, 2.05) is 0 Å². The zero-order valence-corrected chi connectivity index (χ0v) is 13.5. The summed E-state index contributed by atoms with van der Waals surface area (Å²) in [5.41, 5.74) is 2.76. The molecule has 10 heteroatoms. The lowest BCUT2D eigenvalue weighted by Crippen LogP contribution is -2.44. The molecule has 7 nitrogen and oxygen atoms in total. The molecule has 0 saturated heterocycles. The predicted octanol–water partition coefficient (Wildman–Crippen LogP) is 2.51. The standard InChI is InChI=1S/C14H19F3N4O3/c1-12(2,3)24-11(22)21-13(4-5-13)7-23-9-8(14(15,16)17)6-19-10(18)20-9/h6H,4-5,7H2,1-3H3,(H,21,22)(H2,18,19,20). The van der Waals surface area contributed by atoms with Crippen LogP contribution in [0.5, 0.6) is 5.88 Å². The molecule has 0 spiro atoms. The minimum absolute atomic E-state index is 0.175. The molecule has 1 heterocycles. The summed E-state index contributed by atoms with van der Waals surface area (Å²) in [6.45, 7) is 4.96. The van der Waals surface area contributed by atoms with Gasteiger partial charge in [0.15, 0.2) is 0 Å². The van der Waals surface area contributed by atoms with E-state index in [9.17, 15) is 18.0 Å². The Bertz CT molecular complexity index is 625. The summed E-state index contributed by atoms with van der Waals surface area (Å²) in [6.07, 6.45) is -3.62. The van der Waals surface area contributed by atoms with Gasteiger partial charge in [-0.25, -0.2) is 9.78 Å². The molecule has 0 bridgehead atoms. The summed E-state index contributed by atoms with van der Waals surface area (Å²) in [5, 5.41) is 2.62. The minimum Gasteiger partial charge on any atom is -0.475 e. The maximum atomic E-state index is 12.9. The highest BCUT2D eigenvalue weighted by Gasteiger charge is 2.47. The SMILES string of the molecule is CC(C)(C)OC(=O)NC1(COc2nc(N)ncc2C(F)(F)F)CC1. The largest absolute Gasteiger partial charge is 0.475 e. The molecule has 1 aromatic heterocycles. The molecule has 1 aromatic rings. The van der Waals surface area contributed by atoms with Crippen LogP contribution in [-0.4, -0.2) is 33.8 Å². The van der Waals surface area contributed by atoms with Gasteiger partial charge in [0, 0.05) is 6.20 Å². The van der Waals surface area contributed by atoms with Crippen molar-refractivity contribution < 1.29 is 27.4 Å². The third-order valence-corrected chi connectivity index (χ3v) is 3.18. The number of anilines is 1. The van der Waals surface area contributed by atoms with Crippen molar-refractivity contribution in [2.45, 2.75) is 50.9 Å². The third kappa shape index (κ3) is 4.87. The molecule has 0 aromatic carbocycles. The van der Waals surface area contributed by atoms with Crippen molar-refractivity contribution in [3.05, 3.63) is 11.8 Å². The predicted molar refractivity (Wildman–Crippen MR) is 78.3 cm³/mol. The van der Waals surface area contributed by atoms with Crippen LogP contribution in [0.25, 0.3) is 0 Å². The first-order chi connectivity index (χ1) is 10.9. The third-order valence-electron chi connectivity index (χ3n) is 3.18. The number of hydrogen-bond donors (Lipinski definition) is 2. The Morgan fingerprint density at radius 1 is 1.38 bits per heavy atom. The Balaban J connectivity index is 2.03. The lowest BCUT2D eigenvalue weighted by Gasteiger charge is -2.23. The molecule has 1 fully saturated rings. The summed E-state index contributed by atoms with van der Waals surface area (Å²) in [6, 6.07) is 0. The number of hydrogen-bond acceptors (Lipinski definition) is 6. The number of aromatic nitrogens is 2. The molecule has 0 aliphatic heterocycles. The van der Waals surface area contributed by atoms with Gasteiger partial charge in [0.25, 0.3) is 0 Å². The summed E-state index contributed by atoms with van der Waals surface area (Å²) in [5.74, 6) is -0.991. The molecule has 24 heavy (non-hydrogen) atoms. The van der Waals surface area contributed by atoms with Gasteiger partial charge in [-0.15, -0.1) is 0 Å². The Morgan fingerprint density at radius 3 is 2.50 bits per heavy atom. The monoisotopic (exact) mass is 348 g/mol. The topological polar surface area (TPSA) is 99.4 Å². The van der Waals surface area contributed by atoms with Gasteiger partial charge in [0.1, 0.15) is 17.8 Å². The van der Waals surface area contributed by atoms with Gasteiger partial charge in [-0.05, 0) is 33.6 Å². The van der Waals surface area contributed by atoms with E-state index in [0.29, 0.717) is 19.0 Å². The molecule has 1 saturated carbocycles. The number of halogens is 3. The Labute approximate surface area is 136 Å². The normalized spacial score (nSPS) is 16.4. The van der Waals surface area contributed by atoms with E-state index in [-0.39, 0.29) is 12.6 Å². The number of carbonyl (C=O) groups excluding carboxylic acids is 1. The van der Waals surface area contributed by atoms with E-state index in [4.69, 9.17) is 15.2 Å². The van der Waals surface area contributed by atoms with E-state index in [1.54, 1.807) is 20.8 Å². The fourth-order valence-electron chi connectivity index (χ4n) is 1.87. The highest BCUT2D eigenvalue weighted by Crippen LogP contribution is 2.39. The molecule has 1 aliphatic rings. The van der Waals surface area contributed by atoms with Crippen molar-refractivity contribution in [2.24, 2.45) is 0 Å². The highest BCUT2D eigenvalue weighted by molar-refractivity contribution is 5.69. The van der Waals surface area contributed by atoms with Crippen LogP contribution in [0.15, 0.2) is 6.20 Å². The van der Waals surface area contributed by atoms with E-state index in [1.165, 1.54) is 0 Å². The first-order valence-electron chi connectivity index (χ1n) is 7.24. The van der Waals surface area contributed by atoms with Gasteiger partial charge in [-0.1, -0.05) is 0 Å². The molecule has 2 rings (SSSR count). The molecule has 134 valence electrons. The van der Waals surface area contributed by atoms with Gasteiger partial charge in [-0.2, -0.15) is 18.2 Å². The van der Waals surface area contributed by atoms with Crippen LogP contribution in [0.1, 0.15) is 39.2 Å². The maximum Gasteiger partial charge on any atom is 0.423 e. The van der Waals surface area contributed by atoms with Crippen LogP contribution < -0.4 is 15.8 Å². The number of amides is 1. The van der Waals surface area contributed by atoms with Crippen LogP contribution in [-0.2, 0) is 10.9 Å². The van der Waals surface area contributed by atoms with Crippen molar-refractivity contribution in [1.82, 2.24) is 15.3 Å². The van der Waals surface area contributed by atoms with Gasteiger partial charge < -0.3 is 20.5 Å². The van der Waals surface area contributed by atoms with Crippen LogP contribution in [0.4, 0.5) is 23.9 Å².